The fraction of sp³-hybridized carbons (Fsp3) is 0.833. The summed E-state index contributed by atoms with van der Waals surface area (Å²) in [5.74, 6) is -2.96. The zero-order valence-electron chi connectivity index (χ0n) is 22.9. The predicted octanol–water partition coefficient (Wildman–Crippen LogP) is 4.92. The highest BCUT2D eigenvalue weighted by atomic mass is 16.9. The van der Waals surface area contributed by atoms with E-state index in [1.807, 2.05) is 27.7 Å². The highest BCUT2D eigenvalue weighted by molar-refractivity contribution is 4.72. The Morgan fingerprint density at radius 2 is 0.743 bits per heavy atom. The Morgan fingerprint density at radius 1 is 0.486 bits per heavy atom. The van der Waals surface area contributed by atoms with Gasteiger partial charge in [0.05, 0.1) is 0 Å². The van der Waals surface area contributed by atoms with Crippen LogP contribution in [-0.4, -0.2) is 63.5 Å². The zero-order chi connectivity index (χ0) is 26.7. The normalized spacial score (nSPS) is 19.1. The third kappa shape index (κ3) is 16.8. The molecule has 0 aliphatic rings. The number of ether oxygens (including phenoxy) is 11. The summed E-state index contributed by atoms with van der Waals surface area (Å²) < 4.78 is 61.0. The van der Waals surface area contributed by atoms with Crippen molar-refractivity contribution in [1.29, 1.82) is 0 Å². The van der Waals surface area contributed by atoms with Crippen molar-refractivity contribution in [2.24, 2.45) is 0 Å². The summed E-state index contributed by atoms with van der Waals surface area (Å²) >= 11 is 0. The molecule has 0 aromatic heterocycles. The lowest BCUT2D eigenvalue weighted by atomic mass is 10.5. The van der Waals surface area contributed by atoms with Crippen LogP contribution >= 0.6 is 0 Å². The molecule has 208 valence electrons. The van der Waals surface area contributed by atoms with Gasteiger partial charge in [0.2, 0.25) is 0 Å². The monoisotopic (exact) mass is 510 g/mol. The molecule has 4 unspecified atom stereocenters. The van der Waals surface area contributed by atoms with Crippen molar-refractivity contribution < 1.29 is 52.1 Å². The molecule has 0 heterocycles. The minimum atomic E-state index is -1.48. The number of rotatable bonds is 22. The van der Waals surface area contributed by atoms with E-state index in [-0.39, 0.29) is 0 Å². The van der Waals surface area contributed by atoms with Gasteiger partial charge in [-0.2, -0.15) is 0 Å². The number of hydrogen-bond donors (Lipinski definition) is 0. The van der Waals surface area contributed by atoms with Gasteiger partial charge in [-0.25, -0.2) is 0 Å². The first-order valence-corrected chi connectivity index (χ1v) is 12.0. The molecule has 11 nitrogen and oxygen atoms in total. The van der Waals surface area contributed by atoms with Gasteiger partial charge in [0.25, 0.3) is 0 Å². The summed E-state index contributed by atoms with van der Waals surface area (Å²) in [4.78, 5) is 0. The van der Waals surface area contributed by atoms with Gasteiger partial charge < -0.3 is 33.2 Å². The van der Waals surface area contributed by atoms with Crippen LogP contribution in [0.2, 0.25) is 0 Å². The molecule has 0 fully saturated rings. The Balaban J connectivity index is 4.96. The van der Waals surface area contributed by atoms with Crippen molar-refractivity contribution >= 4 is 0 Å². The minimum Gasteiger partial charge on any atom is -0.466 e. The summed E-state index contributed by atoms with van der Waals surface area (Å²) in [6.45, 7) is 19.5. The van der Waals surface area contributed by atoms with Gasteiger partial charge in [-0.3, -0.25) is 18.9 Å². The first-order valence-electron chi connectivity index (χ1n) is 12.0. The van der Waals surface area contributed by atoms with Gasteiger partial charge in [-0.1, -0.05) is 0 Å². The fourth-order valence-corrected chi connectivity index (χ4v) is 2.86. The lowest BCUT2D eigenvalue weighted by Crippen LogP contribution is -2.41. The van der Waals surface area contributed by atoms with Gasteiger partial charge in [0.15, 0.2) is 25.2 Å². The van der Waals surface area contributed by atoms with Crippen LogP contribution in [0.5, 0.6) is 0 Å². The molecule has 0 aromatic carbocycles. The van der Waals surface area contributed by atoms with Crippen molar-refractivity contribution in [3.8, 4) is 0 Å². The highest BCUT2D eigenvalue weighted by Gasteiger charge is 2.34. The zero-order valence-corrected chi connectivity index (χ0v) is 22.9. The Hall–Kier alpha value is -1.44. The third-order valence-electron chi connectivity index (χ3n) is 3.96. The second-order valence-electron chi connectivity index (χ2n) is 7.20. The second kappa shape index (κ2) is 18.8. The topological polar surface area (TPSA) is 102 Å². The van der Waals surface area contributed by atoms with Crippen LogP contribution < -0.4 is 0 Å². The van der Waals surface area contributed by atoms with Crippen LogP contribution in [0, 0.1) is 0 Å². The minimum absolute atomic E-state index is 0.473. The molecule has 0 saturated heterocycles. The van der Waals surface area contributed by atoms with Gasteiger partial charge in [-0.15, -0.1) is 0 Å². The van der Waals surface area contributed by atoms with Crippen LogP contribution in [0.4, 0.5) is 0 Å². The molecule has 0 radical (unpaired) electrons. The second-order valence-corrected chi connectivity index (χ2v) is 7.20. The first-order chi connectivity index (χ1) is 16.5. The molecule has 0 amide bonds. The van der Waals surface area contributed by atoms with Gasteiger partial charge in [0, 0.05) is 40.3 Å². The predicted molar refractivity (Wildman–Crippen MR) is 127 cm³/mol. The van der Waals surface area contributed by atoms with Crippen LogP contribution in [0.1, 0.15) is 69.2 Å². The van der Waals surface area contributed by atoms with Crippen molar-refractivity contribution in [1.82, 2.24) is 0 Å². The largest absolute Gasteiger partial charge is 0.466 e. The average molecular weight is 511 g/mol. The molecular formula is C24H46O11. The van der Waals surface area contributed by atoms with Crippen molar-refractivity contribution in [3.63, 3.8) is 0 Å². The van der Waals surface area contributed by atoms with Gasteiger partial charge in [-0.05, 0) is 55.4 Å². The molecule has 0 aliphatic heterocycles. The van der Waals surface area contributed by atoms with E-state index >= 15 is 0 Å². The van der Waals surface area contributed by atoms with E-state index in [0.29, 0.717) is 26.4 Å². The molecule has 11 heteroatoms. The molecule has 0 rings (SSSR count). The summed E-state index contributed by atoms with van der Waals surface area (Å²) in [5.41, 5.74) is 0. The highest BCUT2D eigenvalue weighted by Crippen LogP contribution is 2.22. The Bertz CT molecular complexity index is 494. The Morgan fingerprint density at radius 3 is 0.971 bits per heavy atom. The molecule has 4 atom stereocenters. The lowest BCUT2D eigenvalue weighted by Gasteiger charge is -2.33. The molecular weight excluding hydrogens is 464 g/mol. The third-order valence-corrected chi connectivity index (χ3v) is 3.96. The lowest BCUT2D eigenvalue weighted by molar-refractivity contribution is -0.422. The van der Waals surface area contributed by atoms with Crippen LogP contribution in [0.15, 0.2) is 25.0 Å². The first kappa shape index (κ1) is 33.6. The Kier molecular flexibility index (Phi) is 18.0. The molecule has 0 aromatic rings. The fourth-order valence-electron chi connectivity index (χ4n) is 2.86. The van der Waals surface area contributed by atoms with E-state index in [1.165, 1.54) is 25.0 Å². The maximum Gasteiger partial charge on any atom is 0.327 e. The SMILES string of the molecule is CCOC(C)OC(C)(OC=COC=COC(C)(OC(C)OCC)OC(C)OCC)OC(C)OCC. The van der Waals surface area contributed by atoms with Crippen molar-refractivity contribution in [2.75, 3.05) is 26.4 Å². The Labute approximate surface area is 210 Å². The maximum atomic E-state index is 5.73. The van der Waals surface area contributed by atoms with Crippen molar-refractivity contribution in [2.45, 2.75) is 106 Å². The summed E-state index contributed by atoms with van der Waals surface area (Å²) in [5, 5.41) is 0. The van der Waals surface area contributed by atoms with Crippen LogP contribution in [-0.2, 0) is 52.1 Å². The molecule has 35 heavy (non-hydrogen) atoms. The van der Waals surface area contributed by atoms with Crippen LogP contribution in [0.3, 0.4) is 0 Å². The smallest absolute Gasteiger partial charge is 0.327 e. The van der Waals surface area contributed by atoms with E-state index in [2.05, 4.69) is 0 Å². The molecule has 0 saturated carbocycles. The number of hydrogen-bond acceptors (Lipinski definition) is 11. The molecule has 0 bridgehead atoms. The summed E-state index contributed by atoms with van der Waals surface area (Å²) in [6, 6.07) is 0. The molecule has 0 spiro atoms. The van der Waals surface area contributed by atoms with Gasteiger partial charge in [0.1, 0.15) is 25.0 Å². The van der Waals surface area contributed by atoms with E-state index < -0.39 is 37.1 Å². The quantitative estimate of drug-likeness (QED) is 0.146. The molecule has 0 aliphatic carbocycles. The van der Waals surface area contributed by atoms with Crippen molar-refractivity contribution in [3.05, 3.63) is 25.0 Å². The maximum absolute atomic E-state index is 5.73. The standard InChI is InChI=1S/C24H46O11/c1-11-26-19(5)32-23(9,33-20(6)27-12-2)30-17-15-25-16-18-31-24(10,34-21(7)28-13-3)35-22(8)29-14-4/h15-22H,11-14H2,1-10H3. The summed E-state index contributed by atoms with van der Waals surface area (Å²) in [7, 11) is 0. The average Bonchev–Trinajstić information content (AvgIpc) is 2.73. The van der Waals surface area contributed by atoms with E-state index in [0.717, 1.165) is 0 Å². The van der Waals surface area contributed by atoms with E-state index in [9.17, 15) is 0 Å². The van der Waals surface area contributed by atoms with E-state index in [4.69, 9.17) is 52.1 Å². The van der Waals surface area contributed by atoms with E-state index in [1.54, 1.807) is 41.5 Å². The summed E-state index contributed by atoms with van der Waals surface area (Å²) in [6.07, 6.45) is 2.78. The van der Waals surface area contributed by atoms with Gasteiger partial charge >= 0.3 is 11.9 Å². The molecule has 0 N–H and O–H groups in total. The van der Waals surface area contributed by atoms with Crippen LogP contribution in [0.25, 0.3) is 0 Å².